The summed E-state index contributed by atoms with van der Waals surface area (Å²) in [7, 11) is 0. The van der Waals surface area contributed by atoms with E-state index in [1.54, 1.807) is 18.6 Å². The van der Waals surface area contributed by atoms with Gasteiger partial charge >= 0.3 is 0 Å². The average molecular weight is 470 g/mol. The molecule has 5 aromatic rings. The summed E-state index contributed by atoms with van der Waals surface area (Å²) in [6, 6.07) is 9.83. The van der Waals surface area contributed by atoms with Gasteiger partial charge in [-0.1, -0.05) is 26.0 Å². The first-order chi connectivity index (χ1) is 16.9. The monoisotopic (exact) mass is 469 g/mol. The zero-order valence-electron chi connectivity index (χ0n) is 20.2. The van der Waals surface area contributed by atoms with Crippen molar-refractivity contribution < 1.29 is 4.79 Å². The molecule has 9 nitrogen and oxygen atoms in total. The highest BCUT2D eigenvalue weighted by atomic mass is 16.2. The number of aryl methyl sites for hydroxylation is 2. The number of carbonyl (C=O) groups is 1. The fraction of sp³-hybridized carbons (Fsp3) is 0.269. The van der Waals surface area contributed by atoms with Crippen LogP contribution in [0.5, 0.6) is 0 Å². The first-order valence-electron chi connectivity index (χ1n) is 11.7. The van der Waals surface area contributed by atoms with E-state index in [1.165, 1.54) is 4.52 Å². The fourth-order valence-corrected chi connectivity index (χ4v) is 4.46. The Labute approximate surface area is 201 Å². The van der Waals surface area contributed by atoms with E-state index >= 15 is 0 Å². The lowest BCUT2D eigenvalue weighted by atomic mass is 10.0. The Hall–Kier alpha value is -4.27. The molecule has 9 heteroatoms. The van der Waals surface area contributed by atoms with Gasteiger partial charge in [0.05, 0.1) is 29.6 Å². The number of hydrogen-bond acceptors (Lipinski definition) is 5. The molecule has 35 heavy (non-hydrogen) atoms. The molecule has 0 aliphatic heterocycles. The molecule has 0 saturated heterocycles. The minimum absolute atomic E-state index is 0.0774. The maximum atomic E-state index is 13.2. The number of pyridine rings is 1. The number of H-pyrrole nitrogens is 1. The highest BCUT2D eigenvalue weighted by Crippen LogP contribution is 2.26. The van der Waals surface area contributed by atoms with Gasteiger partial charge in [0.1, 0.15) is 5.52 Å². The number of benzene rings is 1. The molecule has 5 rings (SSSR count). The molecule has 4 heterocycles. The Morgan fingerprint density at radius 1 is 1.23 bits per heavy atom. The highest BCUT2D eigenvalue weighted by molar-refractivity contribution is 5.96. The molecule has 0 fully saturated rings. The number of nitrogens with one attached hydrogen (secondary N) is 2. The lowest BCUT2D eigenvalue weighted by Gasteiger charge is -2.09. The summed E-state index contributed by atoms with van der Waals surface area (Å²) in [6.07, 6.45) is 5.18. The molecule has 178 valence electrons. The molecule has 0 atom stereocenters. The van der Waals surface area contributed by atoms with Crippen LogP contribution in [0, 0.1) is 6.92 Å². The smallest absolute Gasteiger partial charge is 0.274 e. The van der Waals surface area contributed by atoms with Crippen molar-refractivity contribution in [2.24, 2.45) is 0 Å². The Morgan fingerprint density at radius 3 is 2.83 bits per heavy atom. The lowest BCUT2D eigenvalue weighted by Crippen LogP contribution is -2.26. The normalized spacial score (nSPS) is 11.6. The van der Waals surface area contributed by atoms with Crippen LogP contribution in [0.15, 0.2) is 53.7 Å². The van der Waals surface area contributed by atoms with Gasteiger partial charge in [-0.2, -0.15) is 10.2 Å². The van der Waals surface area contributed by atoms with Crippen molar-refractivity contribution in [3.8, 4) is 11.3 Å². The summed E-state index contributed by atoms with van der Waals surface area (Å²) in [5.41, 5.74) is 5.18. The number of nitrogens with zero attached hydrogens (tertiary/aromatic N) is 5. The van der Waals surface area contributed by atoms with Crippen molar-refractivity contribution in [1.29, 1.82) is 0 Å². The standard InChI is InChI=1S/C26H27N7O2/c1-5-32-18(9-10-29-32)13-28-25(34)23-22(15(2)3)24-26(35)30-21(14-33(24)31-23)17-11-19-16(4)7-6-8-20(19)27-12-17/h6-12,14-15H,5,13H2,1-4H3,(H,28,34)(H,30,35). The van der Waals surface area contributed by atoms with Crippen LogP contribution in [0.1, 0.15) is 54.0 Å². The number of aromatic nitrogens is 6. The minimum atomic E-state index is -0.329. The maximum absolute atomic E-state index is 13.2. The molecule has 0 spiro atoms. The minimum Gasteiger partial charge on any atom is -0.345 e. The second-order valence-corrected chi connectivity index (χ2v) is 8.89. The van der Waals surface area contributed by atoms with E-state index in [0.29, 0.717) is 29.9 Å². The molecule has 0 unspecified atom stereocenters. The van der Waals surface area contributed by atoms with E-state index in [4.69, 9.17) is 0 Å². The topological polar surface area (TPSA) is 110 Å². The van der Waals surface area contributed by atoms with Gasteiger partial charge in [-0.15, -0.1) is 0 Å². The average Bonchev–Trinajstić information content (AvgIpc) is 3.47. The maximum Gasteiger partial charge on any atom is 0.274 e. The highest BCUT2D eigenvalue weighted by Gasteiger charge is 2.24. The second kappa shape index (κ2) is 8.83. The van der Waals surface area contributed by atoms with Gasteiger partial charge in [0.25, 0.3) is 11.5 Å². The van der Waals surface area contributed by atoms with Gasteiger partial charge in [-0.05, 0) is 43.5 Å². The Kier molecular flexibility index (Phi) is 5.68. The number of amides is 1. The summed E-state index contributed by atoms with van der Waals surface area (Å²) in [5, 5.41) is 12.7. The third kappa shape index (κ3) is 3.99. The number of carbonyl (C=O) groups excluding carboxylic acids is 1. The predicted octanol–water partition coefficient (Wildman–Crippen LogP) is 3.82. The van der Waals surface area contributed by atoms with Gasteiger partial charge < -0.3 is 10.3 Å². The van der Waals surface area contributed by atoms with E-state index in [2.05, 4.69) is 25.5 Å². The molecule has 1 aromatic carbocycles. The van der Waals surface area contributed by atoms with Crippen LogP contribution in [0.25, 0.3) is 27.7 Å². The SMILES string of the molecule is CCn1nccc1CNC(=O)c1nn2cc(-c3cnc4cccc(C)c4c3)[nH]c(=O)c2c1C(C)C. The van der Waals surface area contributed by atoms with Crippen molar-refractivity contribution in [3.05, 3.63) is 81.8 Å². The fourth-order valence-electron chi connectivity index (χ4n) is 4.46. The lowest BCUT2D eigenvalue weighted by molar-refractivity contribution is 0.0943. The van der Waals surface area contributed by atoms with Crippen molar-refractivity contribution in [1.82, 2.24) is 34.7 Å². The first kappa shape index (κ1) is 22.5. The van der Waals surface area contributed by atoms with Crippen LogP contribution in [0.3, 0.4) is 0 Å². The molecular weight excluding hydrogens is 442 g/mol. The third-order valence-corrected chi connectivity index (χ3v) is 6.24. The summed E-state index contributed by atoms with van der Waals surface area (Å²) >= 11 is 0. The molecule has 0 saturated carbocycles. The van der Waals surface area contributed by atoms with E-state index in [1.807, 2.05) is 62.7 Å². The molecule has 0 aliphatic rings. The summed E-state index contributed by atoms with van der Waals surface area (Å²) < 4.78 is 3.33. The van der Waals surface area contributed by atoms with Crippen LogP contribution in [-0.4, -0.2) is 35.3 Å². The number of rotatable bonds is 6. The van der Waals surface area contributed by atoms with Crippen LogP contribution < -0.4 is 10.9 Å². The van der Waals surface area contributed by atoms with Crippen molar-refractivity contribution in [2.75, 3.05) is 0 Å². The second-order valence-electron chi connectivity index (χ2n) is 8.89. The Morgan fingerprint density at radius 2 is 2.06 bits per heavy atom. The summed E-state index contributed by atoms with van der Waals surface area (Å²) in [5.74, 6) is -0.406. The Balaban J connectivity index is 1.56. The zero-order valence-corrected chi connectivity index (χ0v) is 20.2. The molecule has 4 aromatic heterocycles. The van der Waals surface area contributed by atoms with Gasteiger partial charge in [-0.25, -0.2) is 4.52 Å². The largest absolute Gasteiger partial charge is 0.345 e. The van der Waals surface area contributed by atoms with Gasteiger partial charge in [0.15, 0.2) is 5.69 Å². The van der Waals surface area contributed by atoms with Crippen molar-refractivity contribution >= 4 is 22.3 Å². The first-order valence-corrected chi connectivity index (χ1v) is 11.7. The predicted molar refractivity (Wildman–Crippen MR) is 134 cm³/mol. The molecule has 1 amide bonds. The number of aromatic amines is 1. The van der Waals surface area contributed by atoms with Crippen LogP contribution in [0.4, 0.5) is 0 Å². The zero-order chi connectivity index (χ0) is 24.7. The van der Waals surface area contributed by atoms with E-state index in [-0.39, 0.29) is 23.1 Å². The summed E-state index contributed by atoms with van der Waals surface area (Å²) in [6.45, 7) is 8.95. The summed E-state index contributed by atoms with van der Waals surface area (Å²) in [4.78, 5) is 33.9. The molecule has 2 N–H and O–H groups in total. The van der Waals surface area contributed by atoms with Crippen LogP contribution in [-0.2, 0) is 13.1 Å². The number of hydrogen-bond donors (Lipinski definition) is 2. The Bertz CT molecular complexity index is 1620. The third-order valence-electron chi connectivity index (χ3n) is 6.24. The van der Waals surface area contributed by atoms with Crippen LogP contribution in [0.2, 0.25) is 0 Å². The van der Waals surface area contributed by atoms with Crippen LogP contribution >= 0.6 is 0 Å². The van der Waals surface area contributed by atoms with E-state index in [0.717, 1.165) is 27.7 Å². The van der Waals surface area contributed by atoms with Gasteiger partial charge in [0, 0.05) is 35.5 Å². The number of fused-ring (bicyclic) bond motifs is 2. The molecular formula is C26H27N7O2. The van der Waals surface area contributed by atoms with Gasteiger partial charge in [-0.3, -0.25) is 19.3 Å². The van der Waals surface area contributed by atoms with Crippen molar-refractivity contribution in [3.63, 3.8) is 0 Å². The van der Waals surface area contributed by atoms with Crippen molar-refractivity contribution in [2.45, 2.75) is 46.7 Å². The molecule has 0 aliphatic carbocycles. The van der Waals surface area contributed by atoms with E-state index in [9.17, 15) is 9.59 Å². The molecule has 0 bridgehead atoms. The quantitative estimate of drug-likeness (QED) is 0.393. The molecule has 0 radical (unpaired) electrons. The van der Waals surface area contributed by atoms with Gasteiger partial charge in [0.2, 0.25) is 0 Å². The van der Waals surface area contributed by atoms with E-state index < -0.39 is 0 Å².